The predicted octanol–water partition coefficient (Wildman–Crippen LogP) is 3.97. The number of benzene rings is 1. The Morgan fingerprint density at radius 3 is 2.87 bits per heavy atom. The highest BCUT2D eigenvalue weighted by Crippen LogP contribution is 2.39. The third kappa shape index (κ3) is 3.05. The SMILES string of the molecule is CNCCC(c1cccnc1Cl)c1c[nH]c2cccc(OC)c12. The molecule has 0 aliphatic carbocycles. The minimum atomic E-state index is 0.147. The van der Waals surface area contributed by atoms with Crippen molar-refractivity contribution in [1.29, 1.82) is 0 Å². The number of hydrogen-bond acceptors (Lipinski definition) is 3. The third-order valence-corrected chi connectivity index (χ3v) is 4.46. The second kappa shape index (κ2) is 7.02. The number of ether oxygens (including phenoxy) is 1. The van der Waals surface area contributed by atoms with Crippen LogP contribution in [0.15, 0.2) is 42.7 Å². The maximum absolute atomic E-state index is 6.37. The Kier molecular flexibility index (Phi) is 4.84. The minimum absolute atomic E-state index is 0.147. The van der Waals surface area contributed by atoms with Gasteiger partial charge in [-0.15, -0.1) is 0 Å². The molecule has 1 aromatic carbocycles. The van der Waals surface area contributed by atoms with E-state index in [0.717, 1.165) is 35.2 Å². The number of nitrogens with one attached hydrogen (secondary N) is 2. The van der Waals surface area contributed by atoms with Crippen molar-refractivity contribution >= 4 is 22.5 Å². The zero-order valence-electron chi connectivity index (χ0n) is 13.3. The van der Waals surface area contributed by atoms with Gasteiger partial charge in [-0.2, -0.15) is 0 Å². The van der Waals surface area contributed by atoms with Crippen molar-refractivity contribution in [2.75, 3.05) is 20.7 Å². The Balaban J connectivity index is 2.16. The van der Waals surface area contributed by atoms with Crippen LogP contribution in [0.2, 0.25) is 5.15 Å². The zero-order valence-corrected chi connectivity index (χ0v) is 14.0. The quantitative estimate of drug-likeness (QED) is 0.673. The average molecular weight is 330 g/mol. The molecule has 0 aliphatic heterocycles. The monoisotopic (exact) mass is 329 g/mol. The van der Waals surface area contributed by atoms with Gasteiger partial charge in [-0.1, -0.05) is 23.7 Å². The zero-order chi connectivity index (χ0) is 16.2. The molecule has 1 atom stereocenters. The fourth-order valence-corrected chi connectivity index (χ4v) is 3.30. The molecule has 1 unspecified atom stereocenters. The van der Waals surface area contributed by atoms with Crippen LogP contribution in [-0.2, 0) is 0 Å². The fraction of sp³-hybridized carbons (Fsp3) is 0.278. The van der Waals surface area contributed by atoms with Gasteiger partial charge in [0.15, 0.2) is 0 Å². The number of fused-ring (bicyclic) bond motifs is 1. The summed E-state index contributed by atoms with van der Waals surface area (Å²) in [4.78, 5) is 7.59. The first-order valence-corrected chi connectivity index (χ1v) is 8.03. The van der Waals surface area contributed by atoms with E-state index in [1.54, 1.807) is 13.3 Å². The summed E-state index contributed by atoms with van der Waals surface area (Å²) in [6.07, 6.45) is 4.69. The van der Waals surface area contributed by atoms with Gasteiger partial charge < -0.3 is 15.0 Å². The topological polar surface area (TPSA) is 49.9 Å². The number of H-pyrrole nitrogens is 1. The Labute approximate surface area is 140 Å². The van der Waals surface area contributed by atoms with Gasteiger partial charge in [0, 0.05) is 29.2 Å². The van der Waals surface area contributed by atoms with Crippen molar-refractivity contribution in [3.05, 3.63) is 59.0 Å². The Hall–Kier alpha value is -2.04. The van der Waals surface area contributed by atoms with E-state index in [-0.39, 0.29) is 5.92 Å². The van der Waals surface area contributed by atoms with Crippen molar-refractivity contribution in [2.45, 2.75) is 12.3 Å². The molecule has 4 nitrogen and oxygen atoms in total. The molecule has 120 valence electrons. The molecule has 2 heterocycles. The summed E-state index contributed by atoms with van der Waals surface area (Å²) in [5.41, 5.74) is 3.28. The maximum atomic E-state index is 6.37. The molecule has 0 fully saturated rings. The van der Waals surface area contributed by atoms with E-state index in [9.17, 15) is 0 Å². The van der Waals surface area contributed by atoms with Crippen LogP contribution in [0.3, 0.4) is 0 Å². The number of aromatic amines is 1. The second-order valence-electron chi connectivity index (χ2n) is 5.46. The summed E-state index contributed by atoms with van der Waals surface area (Å²) in [7, 11) is 3.66. The highest BCUT2D eigenvalue weighted by Gasteiger charge is 2.22. The van der Waals surface area contributed by atoms with Crippen LogP contribution in [0.25, 0.3) is 10.9 Å². The number of rotatable bonds is 6. The summed E-state index contributed by atoms with van der Waals surface area (Å²) in [6, 6.07) is 10.0. The first-order valence-electron chi connectivity index (χ1n) is 7.65. The van der Waals surface area contributed by atoms with Crippen molar-refractivity contribution in [3.8, 4) is 5.75 Å². The molecule has 0 bridgehead atoms. The van der Waals surface area contributed by atoms with E-state index in [1.807, 2.05) is 31.3 Å². The number of nitrogens with zero attached hydrogens (tertiary/aromatic N) is 1. The number of methoxy groups -OCH3 is 1. The van der Waals surface area contributed by atoms with Crippen molar-refractivity contribution in [3.63, 3.8) is 0 Å². The highest BCUT2D eigenvalue weighted by molar-refractivity contribution is 6.30. The molecule has 0 saturated heterocycles. The van der Waals surface area contributed by atoms with Gasteiger partial charge in [0.25, 0.3) is 0 Å². The summed E-state index contributed by atoms with van der Waals surface area (Å²) < 4.78 is 5.56. The molecular weight excluding hydrogens is 310 g/mol. The number of halogens is 1. The third-order valence-electron chi connectivity index (χ3n) is 4.14. The first kappa shape index (κ1) is 15.8. The molecule has 0 radical (unpaired) electrons. The molecule has 0 amide bonds. The largest absolute Gasteiger partial charge is 0.496 e. The summed E-state index contributed by atoms with van der Waals surface area (Å²) in [5.74, 6) is 1.02. The molecule has 5 heteroatoms. The number of hydrogen-bond donors (Lipinski definition) is 2. The van der Waals surface area contributed by atoms with Crippen LogP contribution in [-0.4, -0.2) is 30.7 Å². The van der Waals surface area contributed by atoms with E-state index in [0.29, 0.717) is 5.15 Å². The molecule has 0 spiro atoms. The van der Waals surface area contributed by atoms with Crippen LogP contribution in [0.1, 0.15) is 23.5 Å². The smallest absolute Gasteiger partial charge is 0.132 e. The van der Waals surface area contributed by atoms with E-state index in [4.69, 9.17) is 16.3 Å². The number of aromatic nitrogens is 2. The Morgan fingerprint density at radius 1 is 1.26 bits per heavy atom. The van der Waals surface area contributed by atoms with Gasteiger partial charge in [0.2, 0.25) is 0 Å². The Bertz CT molecular complexity index is 800. The lowest BCUT2D eigenvalue weighted by Crippen LogP contribution is -2.13. The fourth-order valence-electron chi connectivity index (χ4n) is 3.05. The van der Waals surface area contributed by atoms with Crippen LogP contribution < -0.4 is 10.1 Å². The van der Waals surface area contributed by atoms with Crippen LogP contribution in [0, 0.1) is 0 Å². The van der Waals surface area contributed by atoms with E-state index in [1.165, 1.54) is 5.56 Å². The Morgan fingerprint density at radius 2 is 2.13 bits per heavy atom. The molecule has 2 N–H and O–H groups in total. The van der Waals surface area contributed by atoms with Gasteiger partial charge in [-0.05, 0) is 49.3 Å². The average Bonchev–Trinajstić information content (AvgIpc) is 3.01. The normalized spacial score (nSPS) is 12.5. The molecule has 0 aliphatic rings. The van der Waals surface area contributed by atoms with Gasteiger partial charge in [0.05, 0.1) is 7.11 Å². The maximum Gasteiger partial charge on any atom is 0.132 e. The van der Waals surface area contributed by atoms with Gasteiger partial charge >= 0.3 is 0 Å². The van der Waals surface area contributed by atoms with Gasteiger partial charge in [0.1, 0.15) is 10.9 Å². The first-order chi connectivity index (χ1) is 11.3. The van der Waals surface area contributed by atoms with Crippen molar-refractivity contribution in [2.24, 2.45) is 0 Å². The van der Waals surface area contributed by atoms with Gasteiger partial charge in [-0.25, -0.2) is 4.98 Å². The van der Waals surface area contributed by atoms with E-state index < -0.39 is 0 Å². The van der Waals surface area contributed by atoms with Gasteiger partial charge in [-0.3, -0.25) is 0 Å². The number of pyridine rings is 1. The summed E-state index contributed by atoms with van der Waals surface area (Å²) >= 11 is 6.37. The molecule has 3 rings (SSSR count). The molecular formula is C18H20ClN3O. The molecule has 23 heavy (non-hydrogen) atoms. The standard InChI is InChI=1S/C18H20ClN3O/c1-20-10-8-12(13-5-4-9-21-18(13)19)14-11-22-15-6-3-7-16(23-2)17(14)15/h3-7,9,11-12,20,22H,8,10H2,1-2H3. The van der Waals surface area contributed by atoms with E-state index in [2.05, 4.69) is 27.5 Å². The van der Waals surface area contributed by atoms with E-state index >= 15 is 0 Å². The molecule has 2 aromatic heterocycles. The van der Waals surface area contributed by atoms with Crippen LogP contribution >= 0.6 is 11.6 Å². The second-order valence-corrected chi connectivity index (χ2v) is 5.81. The lowest BCUT2D eigenvalue weighted by atomic mass is 9.89. The van der Waals surface area contributed by atoms with Crippen LogP contribution in [0.4, 0.5) is 0 Å². The summed E-state index contributed by atoms with van der Waals surface area (Å²) in [6.45, 7) is 0.887. The molecule has 0 saturated carbocycles. The lowest BCUT2D eigenvalue weighted by Gasteiger charge is -2.18. The van der Waals surface area contributed by atoms with Crippen molar-refractivity contribution < 1.29 is 4.74 Å². The predicted molar refractivity (Wildman–Crippen MR) is 94.5 cm³/mol. The summed E-state index contributed by atoms with van der Waals surface area (Å²) in [5, 5.41) is 4.88. The molecule has 3 aromatic rings. The highest BCUT2D eigenvalue weighted by atomic mass is 35.5. The lowest BCUT2D eigenvalue weighted by molar-refractivity contribution is 0.419. The van der Waals surface area contributed by atoms with Crippen molar-refractivity contribution in [1.82, 2.24) is 15.3 Å². The van der Waals surface area contributed by atoms with Crippen LogP contribution in [0.5, 0.6) is 5.75 Å². The minimum Gasteiger partial charge on any atom is -0.496 e.